The highest BCUT2D eigenvalue weighted by Crippen LogP contribution is 2.26. The molecule has 16 heavy (non-hydrogen) atoms. The summed E-state index contributed by atoms with van der Waals surface area (Å²) >= 11 is 0. The lowest BCUT2D eigenvalue weighted by Crippen LogP contribution is -2.09. The Labute approximate surface area is 91.0 Å². The van der Waals surface area contributed by atoms with E-state index in [-0.39, 0.29) is 6.42 Å². The molecule has 0 bridgehead atoms. The van der Waals surface area contributed by atoms with Crippen molar-refractivity contribution in [2.45, 2.75) is 19.0 Å². The second kappa shape index (κ2) is 5.01. The van der Waals surface area contributed by atoms with Crippen molar-refractivity contribution in [3.8, 4) is 5.75 Å². The minimum absolute atomic E-state index is 0.186. The number of aryl methyl sites for hydroxylation is 1. The van der Waals surface area contributed by atoms with Gasteiger partial charge in [-0.1, -0.05) is 0 Å². The fourth-order valence-corrected chi connectivity index (χ4v) is 1.34. The highest BCUT2D eigenvalue weighted by Gasteiger charge is 2.27. The molecule has 0 fully saturated rings. The van der Waals surface area contributed by atoms with Gasteiger partial charge >= 0.3 is 6.18 Å². The molecule has 1 rings (SSSR count). The van der Waals surface area contributed by atoms with Gasteiger partial charge in [-0.15, -0.1) is 0 Å². The van der Waals surface area contributed by atoms with Gasteiger partial charge < -0.3 is 4.74 Å². The van der Waals surface area contributed by atoms with Gasteiger partial charge in [0.25, 0.3) is 0 Å². The lowest BCUT2D eigenvalue weighted by atomic mass is 10.1. The molecule has 0 aliphatic carbocycles. The number of hydrogen-bond donors (Lipinski definition) is 0. The molecule has 0 N–H and O–H groups in total. The first-order chi connectivity index (χ1) is 7.46. The van der Waals surface area contributed by atoms with E-state index < -0.39 is 12.6 Å². The fraction of sp³-hybridized carbons (Fsp3) is 0.364. The smallest absolute Gasteiger partial charge is 0.389 e. The first kappa shape index (κ1) is 12.5. The summed E-state index contributed by atoms with van der Waals surface area (Å²) in [5.74, 6) is 0.370. The summed E-state index contributed by atoms with van der Waals surface area (Å²) in [6, 6.07) is 4.41. The van der Waals surface area contributed by atoms with Crippen LogP contribution < -0.4 is 4.74 Å². The molecular weight excluding hydrogens is 221 g/mol. The van der Waals surface area contributed by atoms with Crippen LogP contribution in [-0.4, -0.2) is 19.6 Å². The van der Waals surface area contributed by atoms with E-state index in [1.165, 1.54) is 25.3 Å². The van der Waals surface area contributed by atoms with Gasteiger partial charge in [-0.25, -0.2) is 0 Å². The van der Waals surface area contributed by atoms with Crippen LogP contribution in [0.5, 0.6) is 5.75 Å². The summed E-state index contributed by atoms with van der Waals surface area (Å²) < 4.78 is 41.1. The van der Waals surface area contributed by atoms with Gasteiger partial charge in [-0.05, 0) is 30.2 Å². The summed E-state index contributed by atoms with van der Waals surface area (Å²) in [7, 11) is 1.38. The molecule has 88 valence electrons. The number of ether oxygens (including phenoxy) is 1. The van der Waals surface area contributed by atoms with Crippen LogP contribution >= 0.6 is 0 Å². The summed E-state index contributed by atoms with van der Waals surface area (Å²) in [4.78, 5) is 10.5. The SMILES string of the molecule is COc1ccc(C=O)cc1CCC(F)(F)F. The summed E-state index contributed by atoms with van der Waals surface area (Å²) in [5, 5.41) is 0. The second-order valence-electron chi connectivity index (χ2n) is 3.30. The molecule has 0 saturated carbocycles. The number of halogens is 3. The molecule has 0 spiro atoms. The largest absolute Gasteiger partial charge is 0.496 e. The molecule has 0 aliphatic heterocycles. The number of aldehydes is 1. The zero-order valence-electron chi connectivity index (χ0n) is 8.67. The molecule has 2 nitrogen and oxygen atoms in total. The minimum atomic E-state index is -4.21. The Hall–Kier alpha value is -1.52. The quantitative estimate of drug-likeness (QED) is 0.746. The highest BCUT2D eigenvalue weighted by molar-refractivity contribution is 5.75. The van der Waals surface area contributed by atoms with Crippen molar-refractivity contribution < 1.29 is 22.7 Å². The molecule has 0 amide bonds. The fourth-order valence-electron chi connectivity index (χ4n) is 1.34. The summed E-state index contributed by atoms with van der Waals surface area (Å²) in [6.45, 7) is 0. The highest BCUT2D eigenvalue weighted by atomic mass is 19.4. The summed E-state index contributed by atoms with van der Waals surface area (Å²) in [6.07, 6.45) is -4.72. The molecule has 0 unspecified atom stereocenters. The first-order valence-electron chi connectivity index (χ1n) is 4.65. The van der Waals surface area contributed by atoms with E-state index in [1.807, 2.05) is 0 Å². The first-order valence-corrected chi connectivity index (χ1v) is 4.65. The Morgan fingerprint density at radius 2 is 2.06 bits per heavy atom. The van der Waals surface area contributed by atoms with Gasteiger partial charge in [0.05, 0.1) is 7.11 Å². The number of hydrogen-bond acceptors (Lipinski definition) is 2. The average Bonchev–Trinajstić information content (AvgIpc) is 2.25. The third-order valence-corrected chi connectivity index (χ3v) is 2.12. The minimum Gasteiger partial charge on any atom is -0.496 e. The molecule has 1 aromatic rings. The Balaban J connectivity index is 2.87. The van der Waals surface area contributed by atoms with Crippen molar-refractivity contribution in [3.05, 3.63) is 29.3 Å². The predicted molar refractivity (Wildman–Crippen MR) is 52.8 cm³/mol. The van der Waals surface area contributed by atoms with Crippen molar-refractivity contribution in [3.63, 3.8) is 0 Å². The molecular formula is C11H11F3O2. The maximum absolute atomic E-state index is 12.0. The van der Waals surface area contributed by atoms with E-state index in [0.29, 0.717) is 23.2 Å². The molecule has 0 aliphatic rings. The molecule has 0 heterocycles. The van der Waals surface area contributed by atoms with E-state index >= 15 is 0 Å². The Bertz CT molecular complexity index is 372. The third kappa shape index (κ3) is 3.56. The third-order valence-electron chi connectivity index (χ3n) is 2.12. The van der Waals surface area contributed by atoms with E-state index in [0.717, 1.165) is 0 Å². The van der Waals surface area contributed by atoms with Crippen molar-refractivity contribution in [2.75, 3.05) is 7.11 Å². The second-order valence-corrected chi connectivity index (χ2v) is 3.30. The lowest BCUT2D eigenvalue weighted by Gasteiger charge is -2.10. The van der Waals surface area contributed by atoms with Crippen LogP contribution in [0.15, 0.2) is 18.2 Å². The number of alkyl halides is 3. The van der Waals surface area contributed by atoms with Crippen LogP contribution in [-0.2, 0) is 6.42 Å². The number of benzene rings is 1. The zero-order chi connectivity index (χ0) is 12.2. The number of rotatable bonds is 4. The Morgan fingerprint density at radius 1 is 1.38 bits per heavy atom. The summed E-state index contributed by atoms with van der Waals surface area (Å²) in [5.41, 5.74) is 0.738. The van der Waals surface area contributed by atoms with E-state index in [4.69, 9.17) is 4.74 Å². The van der Waals surface area contributed by atoms with E-state index in [9.17, 15) is 18.0 Å². The standard InChI is InChI=1S/C11H11F3O2/c1-16-10-3-2-8(7-15)6-9(10)4-5-11(12,13)14/h2-3,6-7H,4-5H2,1H3. The van der Waals surface area contributed by atoms with Crippen molar-refractivity contribution in [1.82, 2.24) is 0 Å². The lowest BCUT2D eigenvalue weighted by molar-refractivity contribution is -0.134. The number of carbonyl (C=O) groups is 1. The van der Waals surface area contributed by atoms with Gasteiger partial charge in [0, 0.05) is 12.0 Å². The zero-order valence-corrected chi connectivity index (χ0v) is 8.67. The maximum atomic E-state index is 12.0. The maximum Gasteiger partial charge on any atom is 0.389 e. The molecule has 1 aromatic carbocycles. The Kier molecular flexibility index (Phi) is 3.93. The molecule has 0 radical (unpaired) electrons. The molecule has 0 saturated heterocycles. The van der Waals surface area contributed by atoms with Crippen molar-refractivity contribution >= 4 is 6.29 Å². The molecule has 0 aromatic heterocycles. The van der Waals surface area contributed by atoms with Gasteiger partial charge in [0.15, 0.2) is 0 Å². The monoisotopic (exact) mass is 232 g/mol. The Morgan fingerprint density at radius 3 is 2.56 bits per heavy atom. The van der Waals surface area contributed by atoms with Crippen molar-refractivity contribution in [2.24, 2.45) is 0 Å². The number of carbonyl (C=O) groups excluding carboxylic acids is 1. The number of methoxy groups -OCH3 is 1. The molecule has 5 heteroatoms. The van der Waals surface area contributed by atoms with Crippen LogP contribution in [0, 0.1) is 0 Å². The predicted octanol–water partition coefficient (Wildman–Crippen LogP) is 3.00. The normalized spacial score (nSPS) is 11.2. The van der Waals surface area contributed by atoms with Crippen LogP contribution in [0.1, 0.15) is 22.3 Å². The van der Waals surface area contributed by atoms with Gasteiger partial charge in [-0.3, -0.25) is 4.79 Å². The van der Waals surface area contributed by atoms with Crippen LogP contribution in [0.3, 0.4) is 0 Å². The van der Waals surface area contributed by atoms with Gasteiger partial charge in [0.1, 0.15) is 12.0 Å². The molecule has 0 atom stereocenters. The van der Waals surface area contributed by atoms with Crippen LogP contribution in [0.4, 0.5) is 13.2 Å². The van der Waals surface area contributed by atoms with Crippen LogP contribution in [0.2, 0.25) is 0 Å². The average molecular weight is 232 g/mol. The van der Waals surface area contributed by atoms with E-state index in [2.05, 4.69) is 0 Å². The van der Waals surface area contributed by atoms with E-state index in [1.54, 1.807) is 0 Å². The van der Waals surface area contributed by atoms with Gasteiger partial charge in [-0.2, -0.15) is 13.2 Å². The van der Waals surface area contributed by atoms with Crippen molar-refractivity contribution in [1.29, 1.82) is 0 Å². The topological polar surface area (TPSA) is 26.3 Å². The van der Waals surface area contributed by atoms with Crippen LogP contribution in [0.25, 0.3) is 0 Å². The van der Waals surface area contributed by atoms with Gasteiger partial charge in [0.2, 0.25) is 0 Å².